The largest absolute Gasteiger partial charge is 0.340 e. The minimum absolute atomic E-state index is 0.546. The molecule has 0 atom stereocenters. The summed E-state index contributed by atoms with van der Waals surface area (Å²) in [5, 5.41) is 3.89. The summed E-state index contributed by atoms with van der Waals surface area (Å²) in [5.74, 6) is 1.50. The van der Waals surface area contributed by atoms with Gasteiger partial charge >= 0.3 is 0 Å². The predicted octanol–water partition coefficient (Wildman–Crippen LogP) is 2.37. The number of nitrogens with one attached hydrogen (secondary N) is 1. The van der Waals surface area contributed by atoms with Crippen LogP contribution in [0.15, 0.2) is 36.5 Å². The Labute approximate surface area is 105 Å². The molecule has 0 saturated heterocycles. The Kier molecular flexibility index (Phi) is 3.90. The van der Waals surface area contributed by atoms with Crippen molar-refractivity contribution in [2.24, 2.45) is 5.73 Å². The molecule has 5 heteroatoms. The molecule has 0 aliphatic carbocycles. The van der Waals surface area contributed by atoms with Crippen molar-refractivity contribution in [2.75, 3.05) is 11.9 Å². The quantitative estimate of drug-likeness (QED) is 0.872. The first-order chi connectivity index (χ1) is 8.28. The molecular weight excluding hydrogens is 236 g/mol. The van der Waals surface area contributed by atoms with Crippen molar-refractivity contribution >= 4 is 23.1 Å². The van der Waals surface area contributed by atoms with Gasteiger partial charge in [-0.3, -0.25) is 0 Å². The van der Waals surface area contributed by atoms with Crippen molar-refractivity contribution in [3.63, 3.8) is 0 Å². The highest BCUT2D eigenvalue weighted by Gasteiger charge is 1.99. The van der Waals surface area contributed by atoms with Gasteiger partial charge in [-0.25, -0.2) is 9.97 Å². The Balaban J connectivity index is 2.12. The van der Waals surface area contributed by atoms with E-state index in [-0.39, 0.29) is 0 Å². The second-order valence-electron chi connectivity index (χ2n) is 3.53. The molecule has 88 valence electrons. The van der Waals surface area contributed by atoms with Gasteiger partial charge in [-0.2, -0.15) is 0 Å². The van der Waals surface area contributed by atoms with Crippen LogP contribution in [-0.4, -0.2) is 16.5 Å². The lowest BCUT2D eigenvalue weighted by molar-refractivity contribution is 0.870. The van der Waals surface area contributed by atoms with E-state index < -0.39 is 0 Å². The zero-order valence-electron chi connectivity index (χ0n) is 9.23. The fourth-order valence-corrected chi connectivity index (χ4v) is 1.53. The second kappa shape index (κ2) is 5.61. The van der Waals surface area contributed by atoms with Crippen LogP contribution in [0.5, 0.6) is 0 Å². The van der Waals surface area contributed by atoms with Crippen molar-refractivity contribution in [3.8, 4) is 0 Å². The smallest absolute Gasteiger partial charge is 0.134 e. The van der Waals surface area contributed by atoms with Gasteiger partial charge in [-0.05, 0) is 36.9 Å². The van der Waals surface area contributed by atoms with Gasteiger partial charge in [0.2, 0.25) is 0 Å². The molecule has 1 heterocycles. The van der Waals surface area contributed by atoms with Crippen molar-refractivity contribution in [1.82, 2.24) is 9.97 Å². The van der Waals surface area contributed by atoms with E-state index in [2.05, 4.69) is 15.3 Å². The average molecular weight is 249 g/mol. The van der Waals surface area contributed by atoms with Crippen LogP contribution in [-0.2, 0) is 6.42 Å². The summed E-state index contributed by atoms with van der Waals surface area (Å²) in [6.07, 6.45) is 2.40. The third kappa shape index (κ3) is 3.41. The number of benzene rings is 1. The second-order valence-corrected chi connectivity index (χ2v) is 3.97. The highest BCUT2D eigenvalue weighted by molar-refractivity contribution is 6.30. The molecule has 2 rings (SSSR count). The van der Waals surface area contributed by atoms with Crippen molar-refractivity contribution in [2.45, 2.75) is 6.42 Å². The Hall–Kier alpha value is -1.65. The number of hydrogen-bond donors (Lipinski definition) is 2. The fraction of sp³-hybridized carbons (Fsp3) is 0.167. The number of nitrogens with two attached hydrogens (primary N) is 1. The number of hydrogen-bond acceptors (Lipinski definition) is 4. The standard InChI is InChI=1S/C12H13ClN4/c13-9-1-3-10(4-2-9)16-12-6-8-15-11(17-12)5-7-14/h1-4,6,8H,5,7,14H2,(H,15,16,17). The maximum atomic E-state index is 5.81. The van der Waals surface area contributed by atoms with Gasteiger partial charge in [0.15, 0.2) is 0 Å². The summed E-state index contributed by atoms with van der Waals surface area (Å²) < 4.78 is 0. The zero-order chi connectivity index (χ0) is 12.1. The Bertz CT molecular complexity index is 484. The molecule has 0 unspecified atom stereocenters. The summed E-state index contributed by atoms with van der Waals surface area (Å²) in [5.41, 5.74) is 6.40. The van der Waals surface area contributed by atoms with Crippen LogP contribution >= 0.6 is 11.6 Å². The number of anilines is 2. The third-order valence-electron chi connectivity index (χ3n) is 2.19. The summed E-state index contributed by atoms with van der Waals surface area (Å²) in [7, 11) is 0. The first-order valence-electron chi connectivity index (χ1n) is 5.32. The number of rotatable bonds is 4. The monoisotopic (exact) mass is 248 g/mol. The maximum Gasteiger partial charge on any atom is 0.134 e. The molecule has 1 aromatic carbocycles. The van der Waals surface area contributed by atoms with Gasteiger partial charge in [0.25, 0.3) is 0 Å². The van der Waals surface area contributed by atoms with Crippen LogP contribution in [0, 0.1) is 0 Å². The lowest BCUT2D eigenvalue weighted by Crippen LogP contribution is -2.07. The van der Waals surface area contributed by atoms with Gasteiger partial charge in [0, 0.05) is 23.3 Å². The molecule has 0 saturated carbocycles. The fourth-order valence-electron chi connectivity index (χ4n) is 1.40. The van der Waals surface area contributed by atoms with Crippen LogP contribution < -0.4 is 11.1 Å². The van der Waals surface area contributed by atoms with Crippen LogP contribution in [0.1, 0.15) is 5.82 Å². The molecule has 2 aromatic rings. The van der Waals surface area contributed by atoms with Crippen LogP contribution in [0.4, 0.5) is 11.5 Å². The zero-order valence-corrected chi connectivity index (χ0v) is 9.98. The average Bonchev–Trinajstić information content (AvgIpc) is 2.33. The van der Waals surface area contributed by atoms with E-state index in [1.165, 1.54) is 0 Å². The topological polar surface area (TPSA) is 63.8 Å². The van der Waals surface area contributed by atoms with Crippen molar-refractivity contribution < 1.29 is 0 Å². The van der Waals surface area contributed by atoms with E-state index in [1.807, 2.05) is 30.3 Å². The molecule has 0 spiro atoms. The summed E-state index contributed by atoms with van der Waals surface area (Å²) in [4.78, 5) is 8.48. The summed E-state index contributed by atoms with van der Waals surface area (Å²) >= 11 is 5.81. The Morgan fingerprint density at radius 2 is 1.94 bits per heavy atom. The molecule has 4 nitrogen and oxygen atoms in total. The van der Waals surface area contributed by atoms with E-state index in [9.17, 15) is 0 Å². The SMILES string of the molecule is NCCc1nccc(Nc2ccc(Cl)cc2)n1. The molecule has 0 aliphatic heterocycles. The lowest BCUT2D eigenvalue weighted by atomic mass is 10.3. The van der Waals surface area contributed by atoms with E-state index in [4.69, 9.17) is 17.3 Å². The third-order valence-corrected chi connectivity index (χ3v) is 2.44. The number of nitrogens with zero attached hydrogens (tertiary/aromatic N) is 2. The van der Waals surface area contributed by atoms with E-state index in [0.717, 1.165) is 17.3 Å². The molecule has 0 amide bonds. The van der Waals surface area contributed by atoms with Crippen molar-refractivity contribution in [1.29, 1.82) is 0 Å². The van der Waals surface area contributed by atoms with Crippen LogP contribution in [0.25, 0.3) is 0 Å². The van der Waals surface area contributed by atoms with Gasteiger partial charge in [-0.15, -0.1) is 0 Å². The lowest BCUT2D eigenvalue weighted by Gasteiger charge is -2.06. The van der Waals surface area contributed by atoms with Gasteiger partial charge in [-0.1, -0.05) is 11.6 Å². The van der Waals surface area contributed by atoms with Gasteiger partial charge in [0.05, 0.1) is 0 Å². The molecule has 3 N–H and O–H groups in total. The van der Waals surface area contributed by atoms with Gasteiger partial charge in [0.1, 0.15) is 11.6 Å². The Morgan fingerprint density at radius 3 is 2.65 bits per heavy atom. The normalized spacial score (nSPS) is 10.2. The minimum atomic E-state index is 0.546. The van der Waals surface area contributed by atoms with E-state index in [0.29, 0.717) is 18.0 Å². The van der Waals surface area contributed by atoms with Crippen LogP contribution in [0.3, 0.4) is 0 Å². The minimum Gasteiger partial charge on any atom is -0.340 e. The maximum absolute atomic E-state index is 5.81. The first-order valence-corrected chi connectivity index (χ1v) is 5.70. The molecule has 0 bridgehead atoms. The van der Waals surface area contributed by atoms with E-state index >= 15 is 0 Å². The number of halogens is 1. The van der Waals surface area contributed by atoms with Crippen LogP contribution in [0.2, 0.25) is 5.02 Å². The Morgan fingerprint density at radius 1 is 1.18 bits per heavy atom. The number of aromatic nitrogens is 2. The molecule has 17 heavy (non-hydrogen) atoms. The molecule has 0 aliphatic rings. The van der Waals surface area contributed by atoms with Crippen molar-refractivity contribution in [3.05, 3.63) is 47.4 Å². The molecule has 0 radical (unpaired) electrons. The molecule has 1 aromatic heterocycles. The highest BCUT2D eigenvalue weighted by Crippen LogP contribution is 2.17. The molecular formula is C12H13ClN4. The summed E-state index contributed by atoms with van der Waals surface area (Å²) in [6.45, 7) is 0.546. The first kappa shape index (κ1) is 11.8. The summed E-state index contributed by atoms with van der Waals surface area (Å²) in [6, 6.07) is 9.26. The van der Waals surface area contributed by atoms with Gasteiger partial charge < -0.3 is 11.1 Å². The van der Waals surface area contributed by atoms with E-state index in [1.54, 1.807) is 6.20 Å². The predicted molar refractivity (Wildman–Crippen MR) is 69.5 cm³/mol. The molecule has 0 fully saturated rings. The highest BCUT2D eigenvalue weighted by atomic mass is 35.5.